The maximum absolute atomic E-state index is 4.34. The van der Waals surface area contributed by atoms with Gasteiger partial charge in [-0.1, -0.05) is 32.4 Å². The lowest BCUT2D eigenvalue weighted by Crippen LogP contribution is -2.23. The van der Waals surface area contributed by atoms with Gasteiger partial charge in [-0.2, -0.15) is 0 Å². The second-order valence-electron chi connectivity index (χ2n) is 4.56. The van der Waals surface area contributed by atoms with E-state index in [0.717, 1.165) is 23.1 Å². The number of rotatable bonds is 4. The highest BCUT2D eigenvalue weighted by Crippen LogP contribution is 2.21. The van der Waals surface area contributed by atoms with Gasteiger partial charge in [-0.25, -0.2) is 9.97 Å². The van der Waals surface area contributed by atoms with Crippen molar-refractivity contribution in [2.24, 2.45) is 5.92 Å². The van der Waals surface area contributed by atoms with Gasteiger partial charge in [0.1, 0.15) is 12.1 Å². The number of hydrogen-bond acceptors (Lipinski definition) is 3. The molecule has 17 heavy (non-hydrogen) atoms. The average Bonchev–Trinajstić information content (AvgIpc) is 2.38. The van der Waals surface area contributed by atoms with E-state index < -0.39 is 0 Å². The first-order valence-corrected chi connectivity index (χ1v) is 6.18. The average molecular weight is 229 g/mol. The molecular formula is C14H19N3. The monoisotopic (exact) mass is 229 g/mol. The first-order valence-electron chi connectivity index (χ1n) is 6.18. The standard InChI is InChI=1S/C14H19N3/c1-4-10(2)11(3)17-14-12-7-5-6-8-13(12)15-9-16-14/h5-11H,4H2,1-3H3,(H,15,16,17). The lowest BCUT2D eigenvalue weighted by atomic mass is 10.0. The van der Waals surface area contributed by atoms with Crippen LogP contribution in [0.15, 0.2) is 30.6 Å². The fraction of sp³-hybridized carbons (Fsp3) is 0.429. The van der Waals surface area contributed by atoms with Crippen LogP contribution in [-0.2, 0) is 0 Å². The molecule has 3 heteroatoms. The van der Waals surface area contributed by atoms with E-state index in [0.29, 0.717) is 12.0 Å². The summed E-state index contributed by atoms with van der Waals surface area (Å²) >= 11 is 0. The van der Waals surface area contributed by atoms with E-state index in [4.69, 9.17) is 0 Å². The Hall–Kier alpha value is -1.64. The Morgan fingerprint density at radius 1 is 1.18 bits per heavy atom. The molecule has 1 aromatic heterocycles. The quantitative estimate of drug-likeness (QED) is 0.872. The highest BCUT2D eigenvalue weighted by Gasteiger charge is 2.11. The summed E-state index contributed by atoms with van der Waals surface area (Å²) in [6, 6.07) is 8.50. The molecule has 1 aromatic carbocycles. The molecule has 0 saturated carbocycles. The van der Waals surface area contributed by atoms with Crippen molar-refractivity contribution in [2.45, 2.75) is 33.2 Å². The van der Waals surface area contributed by atoms with E-state index in [2.05, 4.69) is 42.1 Å². The van der Waals surface area contributed by atoms with Crippen LogP contribution in [0.5, 0.6) is 0 Å². The van der Waals surface area contributed by atoms with Gasteiger partial charge >= 0.3 is 0 Å². The second-order valence-corrected chi connectivity index (χ2v) is 4.56. The van der Waals surface area contributed by atoms with Gasteiger partial charge in [-0.05, 0) is 25.0 Å². The van der Waals surface area contributed by atoms with E-state index in [9.17, 15) is 0 Å². The molecular weight excluding hydrogens is 210 g/mol. The predicted molar refractivity (Wildman–Crippen MR) is 72.1 cm³/mol. The fourth-order valence-corrected chi connectivity index (χ4v) is 1.83. The molecule has 1 N–H and O–H groups in total. The van der Waals surface area contributed by atoms with Crippen LogP contribution in [0.4, 0.5) is 5.82 Å². The summed E-state index contributed by atoms with van der Waals surface area (Å²) in [5.41, 5.74) is 0.987. The highest BCUT2D eigenvalue weighted by atomic mass is 15.0. The summed E-state index contributed by atoms with van der Waals surface area (Å²) in [6.45, 7) is 6.66. The minimum Gasteiger partial charge on any atom is -0.367 e. The van der Waals surface area contributed by atoms with Gasteiger partial charge in [0, 0.05) is 11.4 Å². The number of anilines is 1. The smallest absolute Gasteiger partial charge is 0.137 e. The van der Waals surface area contributed by atoms with Gasteiger partial charge in [0.05, 0.1) is 5.52 Å². The zero-order chi connectivity index (χ0) is 12.3. The molecule has 90 valence electrons. The third-order valence-corrected chi connectivity index (χ3v) is 3.40. The van der Waals surface area contributed by atoms with E-state index in [1.807, 2.05) is 18.2 Å². The van der Waals surface area contributed by atoms with Crippen LogP contribution in [0.25, 0.3) is 10.9 Å². The van der Waals surface area contributed by atoms with Crippen LogP contribution in [0, 0.1) is 5.92 Å². The summed E-state index contributed by atoms with van der Waals surface area (Å²) < 4.78 is 0. The third kappa shape index (κ3) is 2.54. The summed E-state index contributed by atoms with van der Waals surface area (Å²) in [6.07, 6.45) is 2.78. The molecule has 0 aliphatic heterocycles. The van der Waals surface area contributed by atoms with Crippen molar-refractivity contribution in [3.8, 4) is 0 Å². The number of aromatic nitrogens is 2. The molecule has 0 radical (unpaired) electrons. The van der Waals surface area contributed by atoms with Gasteiger partial charge < -0.3 is 5.32 Å². The molecule has 0 amide bonds. The Morgan fingerprint density at radius 3 is 2.71 bits per heavy atom. The Morgan fingerprint density at radius 2 is 1.94 bits per heavy atom. The Balaban J connectivity index is 2.30. The van der Waals surface area contributed by atoms with Gasteiger partial charge in [-0.15, -0.1) is 0 Å². The molecule has 1 heterocycles. The van der Waals surface area contributed by atoms with Crippen LogP contribution >= 0.6 is 0 Å². The SMILES string of the molecule is CCC(C)C(C)Nc1ncnc2ccccc12. The van der Waals surface area contributed by atoms with E-state index in [1.165, 1.54) is 0 Å². The number of hydrogen-bond donors (Lipinski definition) is 1. The van der Waals surface area contributed by atoms with Crippen molar-refractivity contribution in [1.29, 1.82) is 0 Å². The number of benzene rings is 1. The van der Waals surface area contributed by atoms with Crippen LogP contribution in [0.3, 0.4) is 0 Å². The summed E-state index contributed by atoms with van der Waals surface area (Å²) in [5, 5.41) is 4.57. The molecule has 2 rings (SSSR count). The fourth-order valence-electron chi connectivity index (χ4n) is 1.83. The molecule has 0 aliphatic carbocycles. The first kappa shape index (κ1) is 11.8. The number of nitrogens with one attached hydrogen (secondary N) is 1. The molecule has 0 spiro atoms. The summed E-state index contributed by atoms with van der Waals surface area (Å²) in [7, 11) is 0. The van der Waals surface area contributed by atoms with Gasteiger partial charge in [-0.3, -0.25) is 0 Å². The molecule has 2 unspecified atom stereocenters. The van der Waals surface area contributed by atoms with Crippen molar-refractivity contribution in [1.82, 2.24) is 9.97 Å². The Kier molecular flexibility index (Phi) is 3.57. The lowest BCUT2D eigenvalue weighted by molar-refractivity contribution is 0.494. The van der Waals surface area contributed by atoms with Crippen LogP contribution in [0.2, 0.25) is 0 Å². The molecule has 0 fully saturated rings. The van der Waals surface area contributed by atoms with Crippen LogP contribution in [0.1, 0.15) is 27.2 Å². The molecule has 3 nitrogen and oxygen atoms in total. The topological polar surface area (TPSA) is 37.8 Å². The zero-order valence-corrected chi connectivity index (χ0v) is 10.6. The molecule has 0 bridgehead atoms. The summed E-state index contributed by atoms with van der Waals surface area (Å²) in [4.78, 5) is 8.60. The summed E-state index contributed by atoms with van der Waals surface area (Å²) in [5.74, 6) is 1.56. The molecule has 2 aromatic rings. The largest absolute Gasteiger partial charge is 0.367 e. The number of nitrogens with zero attached hydrogens (tertiary/aromatic N) is 2. The van der Waals surface area contributed by atoms with Gasteiger partial charge in [0.15, 0.2) is 0 Å². The van der Waals surface area contributed by atoms with Crippen LogP contribution in [-0.4, -0.2) is 16.0 Å². The maximum Gasteiger partial charge on any atom is 0.137 e. The maximum atomic E-state index is 4.34. The van der Waals surface area contributed by atoms with Crippen molar-refractivity contribution in [2.75, 3.05) is 5.32 Å². The molecule has 0 saturated heterocycles. The van der Waals surface area contributed by atoms with Gasteiger partial charge in [0.2, 0.25) is 0 Å². The molecule has 2 atom stereocenters. The Labute approximate surface area is 102 Å². The van der Waals surface area contributed by atoms with Crippen molar-refractivity contribution < 1.29 is 0 Å². The highest BCUT2D eigenvalue weighted by molar-refractivity contribution is 5.88. The normalized spacial score (nSPS) is 14.5. The number of para-hydroxylation sites is 1. The van der Waals surface area contributed by atoms with Crippen molar-refractivity contribution in [3.63, 3.8) is 0 Å². The number of fused-ring (bicyclic) bond motifs is 1. The minimum atomic E-state index is 0.415. The van der Waals surface area contributed by atoms with Crippen LogP contribution < -0.4 is 5.32 Å². The van der Waals surface area contributed by atoms with E-state index in [-0.39, 0.29) is 0 Å². The van der Waals surface area contributed by atoms with E-state index >= 15 is 0 Å². The Bertz CT molecular complexity index is 490. The van der Waals surface area contributed by atoms with Gasteiger partial charge in [0.25, 0.3) is 0 Å². The zero-order valence-electron chi connectivity index (χ0n) is 10.6. The van der Waals surface area contributed by atoms with Crippen molar-refractivity contribution >= 4 is 16.7 Å². The van der Waals surface area contributed by atoms with E-state index in [1.54, 1.807) is 6.33 Å². The van der Waals surface area contributed by atoms with Crippen molar-refractivity contribution in [3.05, 3.63) is 30.6 Å². The second kappa shape index (κ2) is 5.13. The lowest BCUT2D eigenvalue weighted by Gasteiger charge is -2.21. The first-order chi connectivity index (χ1) is 8.22. The molecule has 0 aliphatic rings. The predicted octanol–water partition coefficient (Wildman–Crippen LogP) is 3.48. The third-order valence-electron chi connectivity index (χ3n) is 3.40. The minimum absolute atomic E-state index is 0.415.